The maximum Gasteiger partial charge on any atom is 0.173 e. The molecule has 1 aliphatic rings. The summed E-state index contributed by atoms with van der Waals surface area (Å²) in [6, 6.07) is 3.71. The quantitative estimate of drug-likeness (QED) is 0.828. The van der Waals surface area contributed by atoms with Crippen molar-refractivity contribution in [1.82, 2.24) is 5.32 Å². The summed E-state index contributed by atoms with van der Waals surface area (Å²) in [6.45, 7) is 0.533. The molecule has 0 bridgehead atoms. The molecule has 0 saturated heterocycles. The molecule has 19 heavy (non-hydrogen) atoms. The molecule has 1 aromatic carbocycles. The summed E-state index contributed by atoms with van der Waals surface area (Å²) in [5.74, 6) is 0.866. The van der Waals surface area contributed by atoms with E-state index >= 15 is 0 Å². The smallest absolute Gasteiger partial charge is 0.173 e. The van der Waals surface area contributed by atoms with Crippen LogP contribution in [0.5, 0.6) is 5.75 Å². The van der Waals surface area contributed by atoms with Crippen LogP contribution in [-0.4, -0.2) is 27.3 Å². The van der Waals surface area contributed by atoms with Crippen molar-refractivity contribution in [3.8, 4) is 5.75 Å². The van der Waals surface area contributed by atoms with E-state index in [1.807, 2.05) is 12.1 Å². The standard InChI is InChI=1S/C12H13Br2NO3S/c1-18-12-8(4-9(13)5-11(12)14)6-15-10-2-3-19(16,17)7-10/h2-5,10,15H,6-7H2,1H3. The van der Waals surface area contributed by atoms with Crippen LogP contribution < -0.4 is 10.1 Å². The van der Waals surface area contributed by atoms with Crippen molar-refractivity contribution in [1.29, 1.82) is 0 Å². The highest BCUT2D eigenvalue weighted by molar-refractivity contribution is 9.11. The number of hydrogen-bond acceptors (Lipinski definition) is 4. The second kappa shape index (κ2) is 5.95. The van der Waals surface area contributed by atoms with Gasteiger partial charge in [-0.1, -0.05) is 22.0 Å². The molecular formula is C12H13Br2NO3S. The third-order valence-corrected chi connectivity index (χ3v) is 5.22. The molecule has 0 amide bonds. The molecule has 0 saturated carbocycles. The van der Waals surface area contributed by atoms with Crippen LogP contribution in [0.1, 0.15) is 5.56 Å². The molecule has 1 N–H and O–H groups in total. The van der Waals surface area contributed by atoms with Gasteiger partial charge in [0.1, 0.15) is 5.75 Å². The lowest BCUT2D eigenvalue weighted by Crippen LogP contribution is -2.29. The number of nitrogens with one attached hydrogen (secondary N) is 1. The lowest BCUT2D eigenvalue weighted by atomic mass is 10.2. The van der Waals surface area contributed by atoms with Crippen molar-refractivity contribution >= 4 is 41.7 Å². The van der Waals surface area contributed by atoms with Gasteiger partial charge in [-0.2, -0.15) is 0 Å². The first-order valence-electron chi connectivity index (χ1n) is 5.57. The highest BCUT2D eigenvalue weighted by atomic mass is 79.9. The fourth-order valence-electron chi connectivity index (χ4n) is 1.92. The van der Waals surface area contributed by atoms with Crippen LogP contribution in [0.2, 0.25) is 0 Å². The van der Waals surface area contributed by atoms with E-state index in [2.05, 4.69) is 37.2 Å². The monoisotopic (exact) mass is 409 g/mol. The van der Waals surface area contributed by atoms with Gasteiger partial charge < -0.3 is 10.1 Å². The molecule has 1 unspecified atom stereocenters. The third-order valence-electron chi connectivity index (χ3n) is 2.77. The number of ether oxygens (including phenoxy) is 1. The van der Waals surface area contributed by atoms with E-state index in [0.717, 1.165) is 20.3 Å². The van der Waals surface area contributed by atoms with E-state index in [0.29, 0.717) is 6.54 Å². The lowest BCUT2D eigenvalue weighted by Gasteiger charge is -2.14. The zero-order valence-electron chi connectivity index (χ0n) is 10.2. The van der Waals surface area contributed by atoms with Crippen molar-refractivity contribution < 1.29 is 13.2 Å². The normalized spacial score (nSPS) is 20.7. The van der Waals surface area contributed by atoms with Crippen LogP contribution in [0.25, 0.3) is 0 Å². The van der Waals surface area contributed by atoms with Gasteiger partial charge in [0.25, 0.3) is 0 Å². The van der Waals surface area contributed by atoms with Crippen molar-refractivity contribution in [2.75, 3.05) is 12.9 Å². The summed E-state index contributed by atoms with van der Waals surface area (Å²) >= 11 is 6.86. The number of benzene rings is 1. The Hall–Kier alpha value is -0.370. The zero-order valence-corrected chi connectivity index (χ0v) is 14.2. The maximum atomic E-state index is 11.3. The van der Waals surface area contributed by atoms with Gasteiger partial charge in [-0.15, -0.1) is 0 Å². The van der Waals surface area contributed by atoms with Gasteiger partial charge in [-0.25, -0.2) is 8.42 Å². The molecular weight excluding hydrogens is 398 g/mol. The topological polar surface area (TPSA) is 55.4 Å². The van der Waals surface area contributed by atoms with Crippen LogP contribution in [0.15, 0.2) is 32.6 Å². The van der Waals surface area contributed by atoms with Gasteiger partial charge in [0.05, 0.1) is 17.3 Å². The summed E-state index contributed by atoms with van der Waals surface area (Å²) < 4.78 is 29.8. The van der Waals surface area contributed by atoms with E-state index < -0.39 is 9.84 Å². The largest absolute Gasteiger partial charge is 0.495 e. The highest BCUT2D eigenvalue weighted by Crippen LogP contribution is 2.32. The Balaban J connectivity index is 2.10. The number of sulfone groups is 1. The van der Waals surface area contributed by atoms with Gasteiger partial charge in [0, 0.05) is 28.0 Å². The van der Waals surface area contributed by atoms with E-state index in [9.17, 15) is 8.42 Å². The summed E-state index contributed by atoms with van der Waals surface area (Å²) in [7, 11) is -1.42. The SMILES string of the molecule is COc1c(Br)cc(Br)cc1CNC1C=CS(=O)(=O)C1. The van der Waals surface area contributed by atoms with Crippen LogP contribution in [0.3, 0.4) is 0 Å². The first-order chi connectivity index (χ1) is 8.91. The molecule has 0 aromatic heterocycles. The predicted octanol–water partition coefficient (Wildman–Crippen LogP) is 2.62. The zero-order chi connectivity index (χ0) is 14.0. The van der Waals surface area contributed by atoms with E-state index in [4.69, 9.17) is 4.74 Å². The van der Waals surface area contributed by atoms with E-state index in [-0.39, 0.29) is 11.8 Å². The molecule has 0 aliphatic carbocycles. The average Bonchev–Trinajstić information content (AvgIpc) is 2.66. The first kappa shape index (κ1) is 15.0. The second-order valence-electron chi connectivity index (χ2n) is 4.23. The third kappa shape index (κ3) is 3.81. The Bertz CT molecular complexity index is 614. The van der Waals surface area contributed by atoms with Gasteiger partial charge in [-0.3, -0.25) is 0 Å². The van der Waals surface area contributed by atoms with E-state index in [1.54, 1.807) is 13.2 Å². The van der Waals surface area contributed by atoms with E-state index in [1.165, 1.54) is 5.41 Å². The molecule has 1 atom stereocenters. The van der Waals surface area contributed by atoms with Crippen molar-refractivity contribution in [2.45, 2.75) is 12.6 Å². The molecule has 1 heterocycles. The van der Waals surface area contributed by atoms with Crippen LogP contribution in [0, 0.1) is 0 Å². The highest BCUT2D eigenvalue weighted by Gasteiger charge is 2.21. The van der Waals surface area contributed by atoms with Crippen LogP contribution in [-0.2, 0) is 16.4 Å². The molecule has 104 valence electrons. The van der Waals surface area contributed by atoms with Gasteiger partial charge in [0.15, 0.2) is 9.84 Å². The summed E-state index contributed by atoms with van der Waals surface area (Å²) in [5, 5.41) is 4.46. The molecule has 2 rings (SSSR count). The minimum atomic E-state index is -3.02. The Morgan fingerprint density at radius 1 is 1.42 bits per heavy atom. The molecule has 1 aromatic rings. The van der Waals surface area contributed by atoms with Gasteiger partial charge >= 0.3 is 0 Å². The molecule has 0 spiro atoms. The van der Waals surface area contributed by atoms with Crippen molar-refractivity contribution in [3.63, 3.8) is 0 Å². The minimum absolute atomic E-state index is 0.116. The Kier molecular flexibility index (Phi) is 4.70. The lowest BCUT2D eigenvalue weighted by molar-refractivity contribution is 0.404. The second-order valence-corrected chi connectivity index (χ2v) is 7.93. The first-order valence-corrected chi connectivity index (χ1v) is 8.87. The summed E-state index contributed by atoms with van der Waals surface area (Å²) in [5.41, 5.74) is 0.960. The van der Waals surface area contributed by atoms with Gasteiger partial charge in [0.2, 0.25) is 0 Å². The Morgan fingerprint density at radius 2 is 2.16 bits per heavy atom. The fourth-order valence-corrected chi connectivity index (χ4v) is 4.66. The molecule has 7 heteroatoms. The van der Waals surface area contributed by atoms with Crippen molar-refractivity contribution in [2.24, 2.45) is 0 Å². The number of rotatable bonds is 4. The summed E-state index contributed by atoms with van der Waals surface area (Å²) in [4.78, 5) is 0. The Labute approximate surface area is 129 Å². The number of hydrogen-bond donors (Lipinski definition) is 1. The van der Waals surface area contributed by atoms with Gasteiger partial charge in [-0.05, 0) is 28.1 Å². The van der Waals surface area contributed by atoms with Crippen LogP contribution in [0.4, 0.5) is 0 Å². The van der Waals surface area contributed by atoms with Crippen molar-refractivity contribution in [3.05, 3.63) is 38.1 Å². The van der Waals surface area contributed by atoms with Crippen LogP contribution >= 0.6 is 31.9 Å². The maximum absolute atomic E-state index is 11.3. The molecule has 0 fully saturated rings. The Morgan fingerprint density at radius 3 is 2.74 bits per heavy atom. The molecule has 0 radical (unpaired) electrons. The number of halogens is 2. The number of methoxy groups -OCH3 is 1. The average molecular weight is 411 g/mol. The summed E-state index contributed by atoms with van der Waals surface area (Å²) in [6.07, 6.45) is 1.68. The minimum Gasteiger partial charge on any atom is -0.495 e. The fraction of sp³-hybridized carbons (Fsp3) is 0.333. The molecule has 1 aliphatic heterocycles. The molecule has 4 nitrogen and oxygen atoms in total. The predicted molar refractivity (Wildman–Crippen MR) is 81.9 cm³/mol.